The summed E-state index contributed by atoms with van der Waals surface area (Å²) in [6.45, 7) is 0. The third-order valence-electron chi connectivity index (χ3n) is 3.19. The number of nitriles is 1. The second-order valence-corrected chi connectivity index (χ2v) is 5.47. The molecule has 112 valence electrons. The maximum atomic E-state index is 9.31. The van der Waals surface area contributed by atoms with Crippen LogP contribution in [0.4, 0.5) is 0 Å². The maximum absolute atomic E-state index is 9.31. The van der Waals surface area contributed by atoms with Crippen molar-refractivity contribution in [2.75, 3.05) is 0 Å². The van der Waals surface area contributed by atoms with Gasteiger partial charge in [0.2, 0.25) is 0 Å². The van der Waals surface area contributed by atoms with E-state index in [9.17, 15) is 5.26 Å². The van der Waals surface area contributed by atoms with E-state index in [1.54, 1.807) is 48.7 Å². The van der Waals surface area contributed by atoms with Gasteiger partial charge < -0.3 is 4.42 Å². The number of furan rings is 1. The number of halogens is 2. The van der Waals surface area contributed by atoms with Crippen LogP contribution < -0.4 is 0 Å². The van der Waals surface area contributed by atoms with Crippen molar-refractivity contribution < 1.29 is 4.42 Å². The maximum Gasteiger partial charge on any atom is 0.136 e. The number of hydrogen-bond donors (Lipinski definition) is 0. The van der Waals surface area contributed by atoms with E-state index in [2.05, 4.69) is 11.1 Å². The van der Waals surface area contributed by atoms with Gasteiger partial charge in [0.05, 0.1) is 21.3 Å². The average Bonchev–Trinajstić information content (AvgIpc) is 3.04. The highest BCUT2D eigenvalue weighted by atomic mass is 35.5. The molecule has 1 aromatic carbocycles. The van der Waals surface area contributed by atoms with E-state index < -0.39 is 0 Å². The van der Waals surface area contributed by atoms with Crippen molar-refractivity contribution in [3.05, 3.63) is 76.2 Å². The van der Waals surface area contributed by atoms with Gasteiger partial charge in [0, 0.05) is 17.8 Å². The zero-order valence-electron chi connectivity index (χ0n) is 11.8. The molecule has 3 aromatic rings. The lowest BCUT2D eigenvalue weighted by atomic mass is 10.1. The molecule has 0 fully saturated rings. The van der Waals surface area contributed by atoms with Gasteiger partial charge in [-0.1, -0.05) is 35.3 Å². The van der Waals surface area contributed by atoms with Crippen molar-refractivity contribution in [2.45, 2.75) is 0 Å². The SMILES string of the molecule is N#C/C(=C\c1ccc(-c2cccc(Cl)c2Cl)o1)c1ccccn1. The molecule has 0 bridgehead atoms. The Bertz CT molecular complexity index is 908. The summed E-state index contributed by atoms with van der Waals surface area (Å²) in [7, 11) is 0. The van der Waals surface area contributed by atoms with Crippen LogP contribution in [0.15, 0.2) is 59.1 Å². The van der Waals surface area contributed by atoms with Gasteiger partial charge in [-0.2, -0.15) is 5.26 Å². The summed E-state index contributed by atoms with van der Waals surface area (Å²) < 4.78 is 5.76. The Morgan fingerprint density at radius 2 is 1.96 bits per heavy atom. The summed E-state index contributed by atoms with van der Waals surface area (Å²) in [5, 5.41) is 10.2. The smallest absolute Gasteiger partial charge is 0.136 e. The van der Waals surface area contributed by atoms with E-state index in [0.29, 0.717) is 38.4 Å². The predicted octanol–water partition coefficient (Wildman–Crippen LogP) is 5.71. The normalized spacial score (nSPS) is 11.3. The molecular formula is C18H10Cl2N2O. The molecule has 0 saturated heterocycles. The molecular weight excluding hydrogens is 331 g/mol. The van der Waals surface area contributed by atoms with Crippen LogP contribution >= 0.6 is 23.2 Å². The fraction of sp³-hybridized carbons (Fsp3) is 0. The van der Waals surface area contributed by atoms with Crippen LogP contribution in [0.3, 0.4) is 0 Å². The third-order valence-corrected chi connectivity index (χ3v) is 4.01. The second-order valence-electron chi connectivity index (χ2n) is 4.69. The molecule has 23 heavy (non-hydrogen) atoms. The highest BCUT2D eigenvalue weighted by Crippen LogP contribution is 2.34. The Morgan fingerprint density at radius 3 is 2.70 bits per heavy atom. The van der Waals surface area contributed by atoms with Crippen LogP contribution in [-0.2, 0) is 0 Å². The predicted molar refractivity (Wildman–Crippen MR) is 91.9 cm³/mol. The van der Waals surface area contributed by atoms with Crippen molar-refractivity contribution in [1.29, 1.82) is 5.26 Å². The van der Waals surface area contributed by atoms with Gasteiger partial charge in [0.1, 0.15) is 17.6 Å². The van der Waals surface area contributed by atoms with Crippen LogP contribution in [-0.4, -0.2) is 4.98 Å². The lowest BCUT2D eigenvalue weighted by Gasteiger charge is -2.02. The summed E-state index contributed by atoms with van der Waals surface area (Å²) in [5.41, 5.74) is 1.72. The van der Waals surface area contributed by atoms with Crippen molar-refractivity contribution in [3.8, 4) is 17.4 Å². The molecule has 0 amide bonds. The molecule has 0 aliphatic heterocycles. The third kappa shape index (κ3) is 3.29. The number of benzene rings is 1. The first-order valence-corrected chi connectivity index (χ1v) is 7.52. The summed E-state index contributed by atoms with van der Waals surface area (Å²) in [5.74, 6) is 1.13. The van der Waals surface area contributed by atoms with E-state index in [0.717, 1.165) is 0 Å². The summed E-state index contributed by atoms with van der Waals surface area (Å²) in [6.07, 6.45) is 3.28. The lowest BCUT2D eigenvalue weighted by Crippen LogP contribution is -1.85. The minimum Gasteiger partial charge on any atom is -0.457 e. The first-order chi connectivity index (χ1) is 11.2. The monoisotopic (exact) mass is 340 g/mol. The Morgan fingerprint density at radius 1 is 1.09 bits per heavy atom. The molecule has 0 aliphatic rings. The van der Waals surface area contributed by atoms with Crippen molar-refractivity contribution >= 4 is 34.9 Å². The number of rotatable bonds is 3. The van der Waals surface area contributed by atoms with Crippen molar-refractivity contribution in [2.24, 2.45) is 0 Å². The van der Waals surface area contributed by atoms with Crippen molar-refractivity contribution in [1.82, 2.24) is 4.98 Å². The van der Waals surface area contributed by atoms with Crippen LogP contribution in [0.25, 0.3) is 23.0 Å². The summed E-state index contributed by atoms with van der Waals surface area (Å²) in [4.78, 5) is 4.17. The van der Waals surface area contributed by atoms with Gasteiger partial charge in [-0.05, 0) is 36.4 Å². The quantitative estimate of drug-likeness (QED) is 0.573. The van der Waals surface area contributed by atoms with Gasteiger partial charge in [0.15, 0.2) is 0 Å². The number of nitrogens with zero attached hydrogens (tertiary/aromatic N) is 2. The fourth-order valence-corrected chi connectivity index (χ4v) is 2.49. The molecule has 0 N–H and O–H groups in total. The minimum absolute atomic E-state index is 0.420. The number of allylic oxidation sites excluding steroid dienone is 1. The molecule has 0 unspecified atom stereocenters. The van der Waals surface area contributed by atoms with Crippen LogP contribution in [0.2, 0.25) is 10.0 Å². The standard InChI is InChI=1S/C18H10Cl2N2O/c19-15-5-3-4-14(18(15)20)17-8-7-13(23-17)10-12(11-21)16-6-1-2-9-22-16/h1-10H/b12-10+. The lowest BCUT2D eigenvalue weighted by molar-refractivity contribution is 0.572. The molecule has 5 heteroatoms. The Hall–Kier alpha value is -2.54. The Labute approximate surface area is 143 Å². The highest BCUT2D eigenvalue weighted by Gasteiger charge is 2.11. The number of aromatic nitrogens is 1. The van der Waals surface area contributed by atoms with Crippen LogP contribution in [0, 0.1) is 11.3 Å². The van der Waals surface area contributed by atoms with E-state index in [1.807, 2.05) is 12.1 Å². The van der Waals surface area contributed by atoms with Crippen LogP contribution in [0.1, 0.15) is 11.5 Å². The number of pyridine rings is 1. The topological polar surface area (TPSA) is 49.8 Å². The van der Waals surface area contributed by atoms with Crippen molar-refractivity contribution in [3.63, 3.8) is 0 Å². The molecule has 0 spiro atoms. The zero-order chi connectivity index (χ0) is 16.2. The minimum atomic E-state index is 0.420. The highest BCUT2D eigenvalue weighted by molar-refractivity contribution is 6.43. The first kappa shape index (κ1) is 15.4. The van der Waals surface area contributed by atoms with E-state index in [4.69, 9.17) is 27.6 Å². The molecule has 2 aromatic heterocycles. The molecule has 0 aliphatic carbocycles. The summed E-state index contributed by atoms with van der Waals surface area (Å²) >= 11 is 12.2. The average molecular weight is 341 g/mol. The molecule has 0 radical (unpaired) electrons. The van der Waals surface area contributed by atoms with Gasteiger partial charge in [-0.15, -0.1) is 0 Å². The van der Waals surface area contributed by atoms with Gasteiger partial charge in [-0.25, -0.2) is 0 Å². The van der Waals surface area contributed by atoms with Gasteiger partial charge in [0.25, 0.3) is 0 Å². The molecule has 2 heterocycles. The zero-order valence-corrected chi connectivity index (χ0v) is 13.3. The second kappa shape index (κ2) is 6.70. The molecule has 0 saturated carbocycles. The van der Waals surface area contributed by atoms with E-state index in [-0.39, 0.29) is 0 Å². The van der Waals surface area contributed by atoms with E-state index in [1.165, 1.54) is 0 Å². The van der Waals surface area contributed by atoms with Gasteiger partial charge >= 0.3 is 0 Å². The Kier molecular flexibility index (Phi) is 4.47. The van der Waals surface area contributed by atoms with Crippen LogP contribution in [0.5, 0.6) is 0 Å². The molecule has 3 nitrogen and oxygen atoms in total. The molecule has 0 atom stereocenters. The first-order valence-electron chi connectivity index (χ1n) is 6.76. The number of hydrogen-bond acceptors (Lipinski definition) is 3. The fourth-order valence-electron chi connectivity index (χ4n) is 2.10. The largest absolute Gasteiger partial charge is 0.457 e. The van der Waals surface area contributed by atoms with E-state index >= 15 is 0 Å². The summed E-state index contributed by atoms with van der Waals surface area (Å²) in [6, 6.07) is 16.4. The van der Waals surface area contributed by atoms with Gasteiger partial charge in [-0.3, -0.25) is 4.98 Å². The molecule has 3 rings (SSSR count). The Balaban J connectivity index is 1.98.